The van der Waals surface area contributed by atoms with Gasteiger partial charge in [-0.15, -0.1) is 0 Å². The Labute approximate surface area is 166 Å². The molecule has 0 bridgehead atoms. The van der Waals surface area contributed by atoms with Gasteiger partial charge in [-0.05, 0) is 35.2 Å². The third-order valence-corrected chi connectivity index (χ3v) is 5.83. The molecule has 5 heteroatoms. The molecule has 1 aliphatic carbocycles. The fraction of sp³-hybridized carbons (Fsp3) is 0.478. The van der Waals surface area contributed by atoms with Crippen molar-refractivity contribution in [1.82, 2.24) is 4.90 Å². The number of morpholine rings is 1. The van der Waals surface area contributed by atoms with Crippen LogP contribution in [0.2, 0.25) is 0 Å². The van der Waals surface area contributed by atoms with Crippen molar-refractivity contribution < 1.29 is 19.3 Å². The predicted octanol–water partition coefficient (Wildman–Crippen LogP) is 3.10. The molecule has 1 heterocycles. The zero-order chi connectivity index (χ0) is 19.3. The van der Waals surface area contributed by atoms with Gasteiger partial charge in [0.1, 0.15) is 5.75 Å². The molecule has 4 rings (SSSR count). The van der Waals surface area contributed by atoms with E-state index in [1.165, 1.54) is 11.1 Å². The van der Waals surface area contributed by atoms with Crippen molar-refractivity contribution in [2.75, 3.05) is 33.4 Å². The van der Waals surface area contributed by atoms with E-state index in [1.807, 2.05) is 12.1 Å². The molecule has 2 aromatic carbocycles. The maximum atomic E-state index is 10.4. The second-order valence-corrected chi connectivity index (χ2v) is 7.61. The van der Waals surface area contributed by atoms with E-state index in [1.54, 1.807) is 7.11 Å². The summed E-state index contributed by atoms with van der Waals surface area (Å²) in [5.74, 6) is 0.864. The van der Waals surface area contributed by atoms with Crippen LogP contribution >= 0.6 is 0 Å². The maximum Gasteiger partial charge on any atom is 0.118 e. The van der Waals surface area contributed by atoms with Crippen LogP contribution in [-0.2, 0) is 16.1 Å². The summed E-state index contributed by atoms with van der Waals surface area (Å²) in [5.41, 5.74) is 3.50. The Kier molecular flexibility index (Phi) is 6.27. The lowest BCUT2D eigenvalue weighted by Crippen LogP contribution is -2.46. The lowest BCUT2D eigenvalue weighted by Gasteiger charge is -2.33. The van der Waals surface area contributed by atoms with E-state index >= 15 is 0 Å². The maximum absolute atomic E-state index is 10.4. The van der Waals surface area contributed by atoms with Gasteiger partial charge in [0.25, 0.3) is 0 Å². The monoisotopic (exact) mass is 383 g/mol. The quantitative estimate of drug-likeness (QED) is 0.831. The van der Waals surface area contributed by atoms with Crippen LogP contribution in [0.3, 0.4) is 0 Å². The van der Waals surface area contributed by atoms with E-state index in [4.69, 9.17) is 14.2 Å². The van der Waals surface area contributed by atoms with Crippen LogP contribution in [0.1, 0.15) is 18.4 Å². The fourth-order valence-corrected chi connectivity index (χ4v) is 4.18. The molecule has 5 nitrogen and oxygen atoms in total. The molecule has 3 atom stereocenters. The van der Waals surface area contributed by atoms with Gasteiger partial charge in [0, 0.05) is 25.6 Å². The molecule has 2 aromatic rings. The third-order valence-electron chi connectivity index (χ3n) is 5.83. The lowest BCUT2D eigenvalue weighted by molar-refractivity contribution is -0.0121. The molecule has 1 saturated carbocycles. The highest BCUT2D eigenvalue weighted by molar-refractivity contribution is 5.64. The summed E-state index contributed by atoms with van der Waals surface area (Å²) in [6.45, 7) is 3.91. The van der Waals surface area contributed by atoms with Gasteiger partial charge in [0.15, 0.2) is 0 Å². The van der Waals surface area contributed by atoms with Gasteiger partial charge >= 0.3 is 0 Å². The first-order valence-corrected chi connectivity index (χ1v) is 10.1. The van der Waals surface area contributed by atoms with Gasteiger partial charge in [-0.25, -0.2) is 0 Å². The van der Waals surface area contributed by atoms with Crippen LogP contribution in [0.5, 0.6) is 5.75 Å². The summed E-state index contributed by atoms with van der Waals surface area (Å²) in [6.07, 6.45) is 1.42. The highest BCUT2D eigenvalue weighted by Gasteiger charge is 2.37. The van der Waals surface area contributed by atoms with Gasteiger partial charge < -0.3 is 19.3 Å². The van der Waals surface area contributed by atoms with Crippen LogP contribution in [0.4, 0.5) is 0 Å². The SMILES string of the molecule is COc1ccc(-c2ccc(CO[C@@H]3C[C@H](O)[C@@H](N4CCOCC4)C3)cc2)cc1. The normalized spacial score (nSPS) is 25.7. The van der Waals surface area contributed by atoms with Gasteiger partial charge in [0.2, 0.25) is 0 Å². The number of hydrogen-bond acceptors (Lipinski definition) is 5. The van der Waals surface area contributed by atoms with Gasteiger partial charge in [-0.2, -0.15) is 0 Å². The Hall–Kier alpha value is -1.92. The average molecular weight is 383 g/mol. The summed E-state index contributed by atoms with van der Waals surface area (Å²) in [6, 6.07) is 16.8. The number of benzene rings is 2. The molecule has 2 fully saturated rings. The van der Waals surface area contributed by atoms with Gasteiger partial charge in [-0.3, -0.25) is 4.90 Å². The molecule has 0 spiro atoms. The van der Waals surface area contributed by atoms with E-state index in [9.17, 15) is 5.11 Å². The summed E-state index contributed by atoms with van der Waals surface area (Å²) >= 11 is 0. The van der Waals surface area contributed by atoms with Crippen molar-refractivity contribution in [3.63, 3.8) is 0 Å². The minimum Gasteiger partial charge on any atom is -0.497 e. The van der Waals surface area contributed by atoms with E-state index in [2.05, 4.69) is 41.3 Å². The van der Waals surface area contributed by atoms with Crippen LogP contribution in [-0.4, -0.2) is 61.7 Å². The number of ether oxygens (including phenoxy) is 3. The predicted molar refractivity (Wildman–Crippen MR) is 108 cm³/mol. The first kappa shape index (κ1) is 19.4. The first-order valence-electron chi connectivity index (χ1n) is 10.1. The highest BCUT2D eigenvalue weighted by atomic mass is 16.5. The number of rotatable bonds is 6. The lowest BCUT2D eigenvalue weighted by atomic mass is 10.0. The van der Waals surface area contributed by atoms with Crippen LogP contribution in [0.15, 0.2) is 48.5 Å². The Morgan fingerprint density at radius 2 is 1.61 bits per heavy atom. The van der Waals surface area contributed by atoms with Crippen LogP contribution in [0, 0.1) is 0 Å². The molecule has 150 valence electrons. The van der Waals surface area contributed by atoms with Crippen LogP contribution in [0.25, 0.3) is 11.1 Å². The largest absolute Gasteiger partial charge is 0.497 e. The second kappa shape index (κ2) is 9.05. The zero-order valence-electron chi connectivity index (χ0n) is 16.4. The summed E-state index contributed by atoms with van der Waals surface area (Å²) in [7, 11) is 1.68. The van der Waals surface area contributed by atoms with E-state index < -0.39 is 0 Å². The molecule has 1 saturated heterocycles. The van der Waals surface area contributed by atoms with Crippen molar-refractivity contribution in [2.24, 2.45) is 0 Å². The van der Waals surface area contributed by atoms with E-state index in [0.29, 0.717) is 13.0 Å². The summed E-state index contributed by atoms with van der Waals surface area (Å²) in [4.78, 5) is 2.35. The molecule has 0 amide bonds. The summed E-state index contributed by atoms with van der Waals surface area (Å²) < 4.78 is 16.8. The number of nitrogens with zero attached hydrogens (tertiary/aromatic N) is 1. The molecular weight excluding hydrogens is 354 g/mol. The minimum atomic E-state index is -0.305. The molecule has 1 aliphatic heterocycles. The topological polar surface area (TPSA) is 51.2 Å². The third kappa shape index (κ3) is 4.55. The zero-order valence-corrected chi connectivity index (χ0v) is 16.4. The first-order chi connectivity index (χ1) is 13.7. The Balaban J connectivity index is 1.30. The molecule has 0 aromatic heterocycles. The van der Waals surface area contributed by atoms with Crippen molar-refractivity contribution >= 4 is 0 Å². The molecule has 2 aliphatic rings. The van der Waals surface area contributed by atoms with Gasteiger partial charge in [0.05, 0.1) is 39.1 Å². The molecule has 0 unspecified atom stereocenters. The Morgan fingerprint density at radius 3 is 2.25 bits per heavy atom. The smallest absolute Gasteiger partial charge is 0.118 e. The van der Waals surface area contributed by atoms with Crippen molar-refractivity contribution in [1.29, 1.82) is 0 Å². The second-order valence-electron chi connectivity index (χ2n) is 7.61. The molecule has 1 N–H and O–H groups in total. The average Bonchev–Trinajstić information content (AvgIpc) is 3.14. The minimum absolute atomic E-state index is 0.115. The summed E-state index contributed by atoms with van der Waals surface area (Å²) in [5, 5.41) is 10.4. The number of aliphatic hydroxyl groups is 1. The van der Waals surface area contributed by atoms with Crippen molar-refractivity contribution in [2.45, 2.75) is 37.7 Å². The molecule has 0 radical (unpaired) electrons. The number of methoxy groups -OCH3 is 1. The van der Waals surface area contributed by atoms with Gasteiger partial charge in [-0.1, -0.05) is 36.4 Å². The Bertz CT molecular complexity index is 740. The Morgan fingerprint density at radius 1 is 0.964 bits per heavy atom. The molecule has 28 heavy (non-hydrogen) atoms. The van der Waals surface area contributed by atoms with Crippen LogP contribution < -0.4 is 4.74 Å². The van der Waals surface area contributed by atoms with E-state index in [0.717, 1.165) is 44.0 Å². The van der Waals surface area contributed by atoms with E-state index in [-0.39, 0.29) is 18.2 Å². The van der Waals surface area contributed by atoms with Crippen molar-refractivity contribution in [3.05, 3.63) is 54.1 Å². The fourth-order valence-electron chi connectivity index (χ4n) is 4.18. The number of aliphatic hydroxyl groups excluding tert-OH is 1. The van der Waals surface area contributed by atoms with Crippen molar-refractivity contribution in [3.8, 4) is 16.9 Å². The standard InChI is InChI=1S/C23H29NO4/c1-26-20-8-6-19(7-9-20)18-4-2-17(3-5-18)16-28-21-14-22(23(25)15-21)24-10-12-27-13-11-24/h2-9,21-23,25H,10-16H2,1H3/t21-,22-,23-/m0/s1. The molecular formula is C23H29NO4. The number of hydrogen-bond donors (Lipinski definition) is 1. The highest BCUT2D eigenvalue weighted by Crippen LogP contribution is 2.29.